The molecule has 10 heteroatoms. The van der Waals surface area contributed by atoms with Crippen molar-refractivity contribution in [1.29, 1.82) is 5.41 Å². The maximum Gasteiger partial charge on any atom is 0.246 e. The number of hydrogen-bond donors (Lipinski definition) is 2. The SMILES string of the molecule is COc1ccc(CC(=O)N(C(=N)N)[C@H](Cc2ccccc2)C(=O)N(C)Cc2ccc(OC)c(OC)c2)cc1OC. The maximum absolute atomic E-state index is 13.9. The number of rotatable bonds is 12. The van der Waals surface area contributed by atoms with Gasteiger partial charge >= 0.3 is 0 Å². The van der Waals surface area contributed by atoms with Crippen LogP contribution in [-0.4, -0.2) is 69.1 Å². The van der Waals surface area contributed by atoms with Crippen molar-refractivity contribution in [3.63, 3.8) is 0 Å². The third kappa shape index (κ3) is 7.22. The second-order valence-corrected chi connectivity index (χ2v) is 9.10. The van der Waals surface area contributed by atoms with Gasteiger partial charge in [0.1, 0.15) is 6.04 Å². The van der Waals surface area contributed by atoms with Crippen molar-refractivity contribution in [2.75, 3.05) is 35.5 Å². The van der Waals surface area contributed by atoms with E-state index in [1.165, 1.54) is 19.1 Å². The van der Waals surface area contributed by atoms with E-state index in [2.05, 4.69) is 0 Å². The number of amides is 2. The van der Waals surface area contributed by atoms with Gasteiger partial charge in [-0.05, 0) is 41.0 Å². The number of nitrogens with two attached hydrogens (primary N) is 1. The molecule has 0 aliphatic carbocycles. The molecule has 1 atom stereocenters. The molecular weight excluding hydrogens is 512 g/mol. The van der Waals surface area contributed by atoms with Crippen molar-refractivity contribution in [2.45, 2.75) is 25.4 Å². The van der Waals surface area contributed by atoms with E-state index in [9.17, 15) is 9.59 Å². The molecule has 0 radical (unpaired) electrons. The molecule has 0 spiro atoms. The summed E-state index contributed by atoms with van der Waals surface area (Å²) in [6.45, 7) is 0.236. The highest BCUT2D eigenvalue weighted by molar-refractivity contribution is 6.01. The molecule has 212 valence electrons. The minimum absolute atomic E-state index is 0.0993. The molecule has 3 N–H and O–H groups in total. The second kappa shape index (κ2) is 13.9. The zero-order valence-electron chi connectivity index (χ0n) is 23.5. The summed E-state index contributed by atoms with van der Waals surface area (Å²) in [5, 5.41) is 8.28. The van der Waals surface area contributed by atoms with E-state index in [-0.39, 0.29) is 25.3 Å². The summed E-state index contributed by atoms with van der Waals surface area (Å²) >= 11 is 0. The lowest BCUT2D eigenvalue weighted by atomic mass is 10.0. The van der Waals surface area contributed by atoms with Crippen LogP contribution < -0.4 is 24.7 Å². The Labute approximate surface area is 234 Å². The first-order chi connectivity index (χ1) is 19.2. The van der Waals surface area contributed by atoms with Gasteiger partial charge in [0.05, 0.1) is 34.9 Å². The normalized spacial score (nSPS) is 11.2. The highest BCUT2D eigenvalue weighted by atomic mass is 16.5. The molecule has 3 aromatic rings. The summed E-state index contributed by atoms with van der Waals surface area (Å²) in [7, 11) is 7.78. The molecule has 2 amide bonds. The Balaban J connectivity index is 1.92. The molecule has 0 unspecified atom stereocenters. The van der Waals surface area contributed by atoms with Crippen LogP contribution in [0.5, 0.6) is 23.0 Å². The quantitative estimate of drug-likeness (QED) is 0.263. The zero-order chi connectivity index (χ0) is 29.2. The Bertz CT molecular complexity index is 1330. The first-order valence-corrected chi connectivity index (χ1v) is 12.6. The van der Waals surface area contributed by atoms with Gasteiger partial charge in [0.15, 0.2) is 29.0 Å². The van der Waals surface area contributed by atoms with Crippen LogP contribution in [0.2, 0.25) is 0 Å². The fraction of sp³-hybridized carbons (Fsp3) is 0.300. The number of benzene rings is 3. The fourth-order valence-corrected chi connectivity index (χ4v) is 4.44. The Hall–Kier alpha value is -4.73. The number of nitrogens with zero attached hydrogens (tertiary/aromatic N) is 2. The summed E-state index contributed by atoms with van der Waals surface area (Å²) in [6, 6.07) is 18.8. The van der Waals surface area contributed by atoms with E-state index in [0.29, 0.717) is 28.6 Å². The van der Waals surface area contributed by atoms with Gasteiger partial charge in [0.25, 0.3) is 0 Å². The summed E-state index contributed by atoms with van der Waals surface area (Å²) in [6.07, 6.45) is 0.0745. The van der Waals surface area contributed by atoms with Gasteiger partial charge in [-0.3, -0.25) is 19.9 Å². The smallest absolute Gasteiger partial charge is 0.246 e. The van der Waals surface area contributed by atoms with E-state index < -0.39 is 17.9 Å². The van der Waals surface area contributed by atoms with Crippen LogP contribution in [0.4, 0.5) is 0 Å². The van der Waals surface area contributed by atoms with Crippen LogP contribution in [0.3, 0.4) is 0 Å². The van der Waals surface area contributed by atoms with Gasteiger partial charge < -0.3 is 29.6 Å². The van der Waals surface area contributed by atoms with Crippen molar-refractivity contribution < 1.29 is 28.5 Å². The van der Waals surface area contributed by atoms with Crippen LogP contribution in [0.1, 0.15) is 16.7 Å². The summed E-state index contributed by atoms with van der Waals surface area (Å²) in [5.41, 5.74) is 8.20. The Morgan fingerprint density at radius 1 is 0.775 bits per heavy atom. The van der Waals surface area contributed by atoms with Crippen molar-refractivity contribution in [1.82, 2.24) is 9.80 Å². The molecular formula is C30H36N4O6. The fourth-order valence-electron chi connectivity index (χ4n) is 4.44. The molecule has 0 aliphatic rings. The summed E-state index contributed by atoms with van der Waals surface area (Å²) in [5.74, 6) is 0.731. The molecule has 0 aliphatic heterocycles. The van der Waals surface area contributed by atoms with E-state index in [1.54, 1.807) is 51.6 Å². The number of nitrogens with one attached hydrogen (secondary N) is 1. The number of hydrogen-bond acceptors (Lipinski definition) is 7. The van der Waals surface area contributed by atoms with E-state index in [4.69, 9.17) is 30.1 Å². The van der Waals surface area contributed by atoms with Crippen molar-refractivity contribution in [3.05, 3.63) is 83.4 Å². The lowest BCUT2D eigenvalue weighted by Gasteiger charge is -2.32. The average Bonchev–Trinajstić information content (AvgIpc) is 2.96. The molecule has 40 heavy (non-hydrogen) atoms. The van der Waals surface area contributed by atoms with Gasteiger partial charge in [-0.1, -0.05) is 42.5 Å². The maximum atomic E-state index is 13.9. The minimum Gasteiger partial charge on any atom is -0.493 e. The predicted octanol–water partition coefficient (Wildman–Crippen LogP) is 3.26. The average molecular weight is 549 g/mol. The standard InChI is InChI=1S/C30H36N4O6/c1-33(19-22-12-14-25(38-3)27(17-22)40-5)29(36)23(15-20-9-7-6-8-10-20)34(30(31)32)28(35)18-21-11-13-24(37-2)26(16-21)39-4/h6-14,16-17,23H,15,18-19H2,1-5H3,(H3,31,32)/t23-/m1/s1. The van der Waals surface area contributed by atoms with Crippen LogP contribution in [0, 0.1) is 5.41 Å². The Kier molecular flexibility index (Phi) is 10.4. The highest BCUT2D eigenvalue weighted by Crippen LogP contribution is 2.29. The second-order valence-electron chi connectivity index (χ2n) is 9.10. The first-order valence-electron chi connectivity index (χ1n) is 12.6. The first kappa shape index (κ1) is 29.8. The molecule has 3 rings (SSSR count). The summed E-state index contributed by atoms with van der Waals surface area (Å²) in [4.78, 5) is 30.1. The van der Waals surface area contributed by atoms with Crippen LogP contribution in [-0.2, 0) is 29.0 Å². The number of likely N-dealkylation sites (N-methyl/N-ethyl adjacent to an activating group) is 1. The van der Waals surface area contributed by atoms with Gasteiger partial charge in [-0.15, -0.1) is 0 Å². The van der Waals surface area contributed by atoms with Crippen molar-refractivity contribution >= 4 is 17.8 Å². The molecule has 0 bridgehead atoms. The van der Waals surface area contributed by atoms with E-state index >= 15 is 0 Å². The van der Waals surface area contributed by atoms with Crippen LogP contribution in [0.25, 0.3) is 0 Å². The van der Waals surface area contributed by atoms with E-state index in [1.807, 2.05) is 36.4 Å². The van der Waals surface area contributed by atoms with Gasteiger partial charge in [0, 0.05) is 20.0 Å². The molecule has 0 heterocycles. The van der Waals surface area contributed by atoms with Gasteiger partial charge in [-0.2, -0.15) is 0 Å². The topological polar surface area (TPSA) is 127 Å². The van der Waals surface area contributed by atoms with Crippen molar-refractivity contribution in [3.8, 4) is 23.0 Å². The minimum atomic E-state index is -1.04. The number of carbonyl (C=O) groups excluding carboxylic acids is 2. The van der Waals surface area contributed by atoms with Crippen LogP contribution in [0.15, 0.2) is 66.7 Å². The predicted molar refractivity (Wildman–Crippen MR) is 152 cm³/mol. The third-order valence-corrected chi connectivity index (χ3v) is 6.44. The Morgan fingerprint density at radius 2 is 1.30 bits per heavy atom. The number of guanidine groups is 1. The van der Waals surface area contributed by atoms with Gasteiger partial charge in [-0.25, -0.2) is 0 Å². The van der Waals surface area contributed by atoms with Gasteiger partial charge in [0.2, 0.25) is 11.8 Å². The molecule has 0 aromatic heterocycles. The Morgan fingerprint density at radius 3 is 1.82 bits per heavy atom. The lowest BCUT2D eigenvalue weighted by Crippen LogP contribution is -2.56. The number of carbonyl (C=O) groups is 2. The van der Waals surface area contributed by atoms with Crippen molar-refractivity contribution in [2.24, 2.45) is 5.73 Å². The number of ether oxygens (including phenoxy) is 4. The highest BCUT2D eigenvalue weighted by Gasteiger charge is 2.34. The zero-order valence-corrected chi connectivity index (χ0v) is 23.5. The van der Waals surface area contributed by atoms with Crippen LogP contribution >= 0.6 is 0 Å². The number of methoxy groups -OCH3 is 4. The lowest BCUT2D eigenvalue weighted by molar-refractivity contribution is -0.141. The molecule has 0 saturated carbocycles. The monoisotopic (exact) mass is 548 g/mol. The molecule has 0 saturated heterocycles. The molecule has 3 aromatic carbocycles. The summed E-state index contributed by atoms with van der Waals surface area (Å²) < 4.78 is 21.3. The largest absolute Gasteiger partial charge is 0.493 e. The molecule has 0 fully saturated rings. The van der Waals surface area contributed by atoms with E-state index in [0.717, 1.165) is 16.0 Å². The third-order valence-electron chi connectivity index (χ3n) is 6.44. The molecule has 10 nitrogen and oxygen atoms in total.